The van der Waals surface area contributed by atoms with E-state index in [0.29, 0.717) is 22.9 Å². The lowest BCUT2D eigenvalue weighted by molar-refractivity contribution is 0.0965. The number of nitrogens with zero attached hydrogens (tertiary/aromatic N) is 1. The number of thioether (sulfide) groups is 1. The van der Waals surface area contributed by atoms with Crippen LogP contribution in [0, 0.1) is 19.7 Å². The summed E-state index contributed by atoms with van der Waals surface area (Å²) in [4.78, 5) is 16.9. The zero-order valence-electron chi connectivity index (χ0n) is 15.0. The maximum absolute atomic E-state index is 14.4. The van der Waals surface area contributed by atoms with E-state index in [1.807, 2.05) is 20.8 Å². The van der Waals surface area contributed by atoms with E-state index in [4.69, 9.17) is 10.2 Å². The lowest BCUT2D eigenvalue weighted by atomic mass is 9.87. The third-order valence-corrected chi connectivity index (χ3v) is 5.41. The van der Waals surface area contributed by atoms with Gasteiger partial charge in [0.15, 0.2) is 10.9 Å². The number of hydrogen-bond acceptors (Lipinski definition) is 5. The average Bonchev–Trinajstić information content (AvgIpc) is 2.88. The third-order valence-electron chi connectivity index (χ3n) is 4.61. The zero-order valence-corrected chi connectivity index (χ0v) is 16.6. The molecule has 1 aromatic heterocycles. The third kappa shape index (κ3) is 4.13. The van der Waals surface area contributed by atoms with Gasteiger partial charge in [0.25, 0.3) is 0 Å². The molecule has 26 heavy (non-hydrogen) atoms. The molecular formula is C19H22ClFN2O2S. The number of aryl methyl sites for hydroxylation is 2. The smallest absolute Gasteiger partial charge is 0.202 e. The Morgan fingerprint density at radius 2 is 2.12 bits per heavy atom. The predicted molar refractivity (Wildman–Crippen MR) is 106 cm³/mol. The monoisotopic (exact) mass is 396 g/mol. The van der Waals surface area contributed by atoms with Crippen LogP contribution in [0.1, 0.15) is 46.3 Å². The molecule has 2 aromatic rings. The highest BCUT2D eigenvalue weighted by molar-refractivity contribution is 8.13. The fourth-order valence-corrected chi connectivity index (χ4v) is 3.93. The van der Waals surface area contributed by atoms with Crippen molar-refractivity contribution >= 4 is 35.1 Å². The van der Waals surface area contributed by atoms with Crippen molar-refractivity contribution in [3.8, 4) is 0 Å². The number of carbonyl (C=O) groups is 1. The maximum atomic E-state index is 14.4. The summed E-state index contributed by atoms with van der Waals surface area (Å²) in [6, 6.07) is 6.50. The van der Waals surface area contributed by atoms with Crippen molar-refractivity contribution in [1.82, 2.24) is 0 Å². The van der Waals surface area contributed by atoms with Gasteiger partial charge in [-0.1, -0.05) is 17.8 Å². The molecule has 1 atom stereocenters. The van der Waals surface area contributed by atoms with E-state index in [2.05, 4.69) is 4.99 Å². The molecule has 1 aliphatic rings. The van der Waals surface area contributed by atoms with E-state index >= 15 is 0 Å². The van der Waals surface area contributed by atoms with Gasteiger partial charge >= 0.3 is 0 Å². The number of amidine groups is 1. The van der Waals surface area contributed by atoms with E-state index < -0.39 is 5.54 Å². The van der Waals surface area contributed by atoms with E-state index in [0.717, 1.165) is 22.6 Å². The Bertz CT molecular complexity index is 846. The number of aliphatic imine (C=N–C) groups is 1. The van der Waals surface area contributed by atoms with Crippen LogP contribution >= 0.6 is 24.2 Å². The van der Waals surface area contributed by atoms with Crippen molar-refractivity contribution in [2.75, 3.05) is 5.75 Å². The van der Waals surface area contributed by atoms with Gasteiger partial charge in [-0.25, -0.2) is 4.39 Å². The summed E-state index contributed by atoms with van der Waals surface area (Å²) < 4.78 is 19.9. The molecule has 7 heteroatoms. The van der Waals surface area contributed by atoms with Gasteiger partial charge in [0.2, 0.25) is 5.78 Å². The molecule has 0 bridgehead atoms. The predicted octanol–water partition coefficient (Wildman–Crippen LogP) is 4.55. The number of benzene rings is 1. The van der Waals surface area contributed by atoms with Crippen LogP contribution in [-0.4, -0.2) is 16.7 Å². The van der Waals surface area contributed by atoms with E-state index in [1.54, 1.807) is 18.2 Å². The second-order valence-corrected chi connectivity index (χ2v) is 7.70. The fourth-order valence-electron chi connectivity index (χ4n) is 2.96. The molecule has 0 amide bonds. The summed E-state index contributed by atoms with van der Waals surface area (Å²) >= 11 is 1.48. The second-order valence-electron chi connectivity index (χ2n) is 6.59. The lowest BCUT2D eigenvalue weighted by Gasteiger charge is -2.30. The largest absolute Gasteiger partial charge is 0.458 e. The first kappa shape index (κ1) is 20.5. The highest BCUT2D eigenvalue weighted by Crippen LogP contribution is 2.36. The first-order valence-electron chi connectivity index (χ1n) is 8.16. The highest BCUT2D eigenvalue weighted by atomic mass is 35.5. The van der Waals surface area contributed by atoms with Crippen LogP contribution in [0.2, 0.25) is 0 Å². The van der Waals surface area contributed by atoms with Gasteiger partial charge in [-0.2, -0.15) is 0 Å². The van der Waals surface area contributed by atoms with Crippen LogP contribution in [0.3, 0.4) is 0 Å². The number of halogens is 2. The van der Waals surface area contributed by atoms with Gasteiger partial charge in [-0.15, -0.1) is 12.4 Å². The van der Waals surface area contributed by atoms with E-state index in [1.165, 1.54) is 17.8 Å². The summed E-state index contributed by atoms with van der Waals surface area (Å²) in [5.74, 6) is 1.41. The number of rotatable bonds is 4. The Labute approximate surface area is 162 Å². The minimum Gasteiger partial charge on any atom is -0.458 e. The van der Waals surface area contributed by atoms with Crippen molar-refractivity contribution < 1.29 is 13.6 Å². The first-order valence-corrected chi connectivity index (χ1v) is 9.14. The number of carbonyl (C=O) groups excluding carboxylic acids is 1. The van der Waals surface area contributed by atoms with Gasteiger partial charge < -0.3 is 10.2 Å². The molecule has 140 valence electrons. The standard InChI is InChI=1S/C19H21FN2O2S.ClH/c1-11-8-17(24-12(11)2)16(23)10-13-4-5-15(20)14(9-13)19(3)6-7-25-18(21)22-19;/h4-5,8-9H,6-7,10H2,1-3H3,(H2,21,22);1H/t19-;/m0./s1. The molecule has 0 saturated heterocycles. The van der Waals surface area contributed by atoms with Crippen LogP contribution in [-0.2, 0) is 12.0 Å². The molecule has 0 spiro atoms. The summed E-state index contributed by atoms with van der Waals surface area (Å²) in [6.45, 7) is 5.60. The molecule has 0 radical (unpaired) electrons. The fraction of sp³-hybridized carbons (Fsp3) is 0.368. The topological polar surface area (TPSA) is 68.6 Å². The van der Waals surface area contributed by atoms with Gasteiger partial charge in [0.1, 0.15) is 11.6 Å². The van der Waals surface area contributed by atoms with Crippen molar-refractivity contribution in [2.24, 2.45) is 10.7 Å². The Hall–Kier alpha value is -1.79. The molecule has 0 saturated carbocycles. The van der Waals surface area contributed by atoms with Crippen LogP contribution in [0.5, 0.6) is 0 Å². The van der Waals surface area contributed by atoms with Crippen LogP contribution in [0.4, 0.5) is 4.39 Å². The Morgan fingerprint density at radius 3 is 2.73 bits per heavy atom. The summed E-state index contributed by atoms with van der Waals surface area (Å²) in [5.41, 5.74) is 7.30. The van der Waals surface area contributed by atoms with Gasteiger partial charge in [0, 0.05) is 17.7 Å². The molecule has 4 nitrogen and oxygen atoms in total. The van der Waals surface area contributed by atoms with E-state index in [9.17, 15) is 9.18 Å². The van der Waals surface area contributed by atoms with Crippen LogP contribution in [0.15, 0.2) is 33.7 Å². The summed E-state index contributed by atoms with van der Waals surface area (Å²) in [5, 5.41) is 0.469. The second kappa shape index (κ2) is 7.84. The van der Waals surface area contributed by atoms with Gasteiger partial charge in [-0.05, 0) is 56.5 Å². The van der Waals surface area contributed by atoms with E-state index in [-0.39, 0.29) is 30.4 Å². The molecule has 2 N–H and O–H groups in total. The first-order chi connectivity index (χ1) is 11.8. The van der Waals surface area contributed by atoms with Crippen LogP contribution < -0.4 is 5.73 Å². The Morgan fingerprint density at radius 1 is 1.38 bits per heavy atom. The molecule has 1 aromatic carbocycles. The molecule has 3 rings (SSSR count). The van der Waals surface area contributed by atoms with Gasteiger partial charge in [-0.3, -0.25) is 9.79 Å². The molecule has 0 aliphatic carbocycles. The summed E-state index contributed by atoms with van der Waals surface area (Å²) in [6.07, 6.45) is 0.854. The Balaban J connectivity index is 0.00000243. The lowest BCUT2D eigenvalue weighted by Crippen LogP contribution is -2.29. The van der Waals surface area contributed by atoms with Crippen molar-refractivity contribution in [2.45, 2.75) is 39.2 Å². The SMILES string of the molecule is Cc1cc(C(=O)Cc2ccc(F)c([C@]3(C)CCSC(N)=N3)c2)oc1C.Cl. The number of furan rings is 1. The number of hydrogen-bond donors (Lipinski definition) is 1. The van der Waals surface area contributed by atoms with Crippen molar-refractivity contribution in [3.63, 3.8) is 0 Å². The molecule has 2 heterocycles. The zero-order chi connectivity index (χ0) is 18.2. The molecule has 1 aliphatic heterocycles. The molecule has 0 fully saturated rings. The maximum Gasteiger partial charge on any atom is 0.202 e. The highest BCUT2D eigenvalue weighted by Gasteiger charge is 2.32. The van der Waals surface area contributed by atoms with Crippen molar-refractivity contribution in [1.29, 1.82) is 0 Å². The van der Waals surface area contributed by atoms with Crippen LogP contribution in [0.25, 0.3) is 0 Å². The minimum atomic E-state index is -0.698. The molecular weight excluding hydrogens is 375 g/mol. The Kier molecular flexibility index (Phi) is 6.19. The normalized spacial score (nSPS) is 19.6. The van der Waals surface area contributed by atoms with Crippen molar-refractivity contribution in [3.05, 3.63) is 58.3 Å². The number of Topliss-reactive ketones (excluding diaryl/α,β-unsaturated/α-hetero) is 1. The minimum absolute atomic E-state index is 0. The number of ketones is 1. The average molecular weight is 397 g/mol. The van der Waals surface area contributed by atoms with Gasteiger partial charge in [0.05, 0.1) is 5.54 Å². The summed E-state index contributed by atoms with van der Waals surface area (Å²) in [7, 11) is 0. The quantitative estimate of drug-likeness (QED) is 0.770. The molecule has 0 unspecified atom stereocenters. The number of nitrogens with two attached hydrogens (primary N) is 1.